The van der Waals surface area contributed by atoms with Crippen LogP contribution in [0.4, 0.5) is 0 Å². The number of rotatable bonds is 2. The first-order chi connectivity index (χ1) is 8.13. The number of halogens is 1. The fraction of sp³-hybridized carbons (Fsp3) is 0.0909. The number of hydrogen-bond acceptors (Lipinski definition) is 3. The van der Waals surface area contributed by atoms with Crippen molar-refractivity contribution in [3.63, 3.8) is 0 Å². The van der Waals surface area contributed by atoms with E-state index in [0.717, 1.165) is 15.9 Å². The van der Waals surface area contributed by atoms with Crippen LogP contribution in [0.5, 0.6) is 0 Å². The van der Waals surface area contributed by atoms with Crippen LogP contribution in [0.2, 0.25) is 0 Å². The van der Waals surface area contributed by atoms with Gasteiger partial charge < -0.3 is 0 Å². The van der Waals surface area contributed by atoms with Crippen molar-refractivity contribution in [2.75, 3.05) is 0 Å². The molecule has 0 radical (unpaired) electrons. The van der Waals surface area contributed by atoms with Gasteiger partial charge >= 0.3 is 0 Å². The highest BCUT2D eigenvalue weighted by molar-refractivity contribution is 9.10. The average molecular weight is 295 g/mol. The Kier molecular flexibility index (Phi) is 3.26. The van der Waals surface area contributed by atoms with Gasteiger partial charge in [-0.05, 0) is 31.2 Å². The number of aromatic nitrogens is 2. The highest BCUT2D eigenvalue weighted by Crippen LogP contribution is 2.17. The van der Waals surface area contributed by atoms with Gasteiger partial charge in [0, 0.05) is 4.47 Å². The van der Waals surface area contributed by atoms with Crippen molar-refractivity contribution in [2.45, 2.75) is 6.92 Å². The summed E-state index contributed by atoms with van der Waals surface area (Å²) in [5.74, 6) is 4.76. The maximum atomic E-state index is 11.4. The molecule has 1 heterocycles. The monoisotopic (exact) mass is 294 g/mol. The summed E-state index contributed by atoms with van der Waals surface area (Å²) < 4.78 is 2.68. The van der Waals surface area contributed by atoms with Gasteiger partial charge in [-0.2, -0.15) is 5.10 Å². The molecule has 0 saturated carbocycles. The van der Waals surface area contributed by atoms with E-state index in [1.54, 1.807) is 4.68 Å². The van der Waals surface area contributed by atoms with E-state index in [0.29, 0.717) is 5.56 Å². The summed E-state index contributed by atoms with van der Waals surface area (Å²) in [4.78, 5) is 11.4. The third kappa shape index (κ3) is 2.22. The van der Waals surface area contributed by atoms with E-state index >= 15 is 0 Å². The number of nitrogen functional groups attached to an aromatic ring is 1. The number of benzene rings is 1. The molecule has 1 aromatic carbocycles. The molecule has 0 bridgehead atoms. The molecule has 17 heavy (non-hydrogen) atoms. The third-order valence-corrected chi connectivity index (χ3v) is 2.99. The summed E-state index contributed by atoms with van der Waals surface area (Å²) in [5, 5.41) is 4.17. The molecule has 1 aromatic heterocycles. The molecule has 1 amide bonds. The molecule has 2 aromatic rings. The average Bonchev–Trinajstić information content (AvgIpc) is 2.71. The van der Waals surface area contributed by atoms with Crippen LogP contribution < -0.4 is 11.3 Å². The largest absolute Gasteiger partial charge is 0.290 e. The van der Waals surface area contributed by atoms with Crippen LogP contribution in [0, 0.1) is 6.92 Å². The molecule has 2 rings (SSSR count). The third-order valence-electron chi connectivity index (χ3n) is 2.46. The molecule has 0 fully saturated rings. The van der Waals surface area contributed by atoms with Gasteiger partial charge in [-0.15, -0.1) is 0 Å². The second-order valence-corrected chi connectivity index (χ2v) is 4.42. The Morgan fingerprint density at radius 1 is 1.41 bits per heavy atom. The molecule has 3 N–H and O–H groups in total. The Morgan fingerprint density at radius 3 is 2.65 bits per heavy atom. The Balaban J connectivity index is 2.44. The lowest BCUT2D eigenvalue weighted by Gasteiger charge is -2.05. The summed E-state index contributed by atoms with van der Waals surface area (Å²) in [6.07, 6.45) is 1.50. The molecule has 0 spiro atoms. The highest BCUT2D eigenvalue weighted by Gasteiger charge is 2.13. The van der Waals surface area contributed by atoms with E-state index in [9.17, 15) is 4.79 Å². The summed E-state index contributed by atoms with van der Waals surface area (Å²) in [6, 6.07) is 7.65. The Hall–Kier alpha value is -1.66. The molecule has 6 heteroatoms. The minimum atomic E-state index is -0.342. The van der Waals surface area contributed by atoms with Crippen LogP contribution in [0.3, 0.4) is 0 Å². The van der Waals surface area contributed by atoms with Crippen molar-refractivity contribution in [1.82, 2.24) is 15.2 Å². The van der Waals surface area contributed by atoms with Gasteiger partial charge in [0.2, 0.25) is 0 Å². The lowest BCUT2D eigenvalue weighted by molar-refractivity contribution is 0.0953. The van der Waals surface area contributed by atoms with Gasteiger partial charge in [0.25, 0.3) is 5.91 Å². The number of carbonyl (C=O) groups excluding carboxylic acids is 1. The first-order valence-corrected chi connectivity index (χ1v) is 5.74. The van der Waals surface area contributed by atoms with E-state index < -0.39 is 0 Å². The number of hydrogen-bond donors (Lipinski definition) is 2. The van der Waals surface area contributed by atoms with E-state index in [2.05, 4.69) is 26.5 Å². The van der Waals surface area contributed by atoms with Gasteiger partial charge in [0.05, 0.1) is 23.1 Å². The van der Waals surface area contributed by atoms with E-state index in [-0.39, 0.29) is 5.91 Å². The topological polar surface area (TPSA) is 72.9 Å². The smallest absolute Gasteiger partial charge is 0.268 e. The summed E-state index contributed by atoms with van der Waals surface area (Å²) in [5.41, 5.74) is 4.20. The van der Waals surface area contributed by atoms with Gasteiger partial charge in [-0.25, -0.2) is 10.5 Å². The lowest BCUT2D eigenvalue weighted by atomic mass is 10.2. The molecular formula is C11H11BrN4O. The number of amides is 1. The molecule has 5 nitrogen and oxygen atoms in total. The predicted octanol–water partition coefficient (Wildman–Crippen LogP) is 1.55. The normalized spacial score (nSPS) is 10.3. The first-order valence-electron chi connectivity index (χ1n) is 4.95. The second kappa shape index (κ2) is 4.68. The van der Waals surface area contributed by atoms with Crippen molar-refractivity contribution >= 4 is 21.8 Å². The van der Waals surface area contributed by atoms with Gasteiger partial charge in [0.1, 0.15) is 0 Å². The fourth-order valence-electron chi connectivity index (χ4n) is 1.55. The minimum absolute atomic E-state index is 0.342. The molecule has 0 atom stereocenters. The van der Waals surface area contributed by atoms with Crippen LogP contribution in [-0.4, -0.2) is 15.7 Å². The zero-order chi connectivity index (χ0) is 12.4. The molecule has 88 valence electrons. The summed E-state index contributed by atoms with van der Waals surface area (Å²) >= 11 is 3.37. The second-order valence-electron chi connectivity index (χ2n) is 3.51. The Bertz CT molecular complexity index is 547. The number of nitrogens with zero attached hydrogens (tertiary/aromatic N) is 2. The SMILES string of the molecule is Cc1c(C(=O)NN)cnn1-c1ccc(Br)cc1. The van der Waals surface area contributed by atoms with Gasteiger partial charge in [-0.3, -0.25) is 10.2 Å². The van der Waals surface area contributed by atoms with E-state index in [1.807, 2.05) is 31.2 Å². The van der Waals surface area contributed by atoms with Crippen LogP contribution >= 0.6 is 15.9 Å². The maximum Gasteiger partial charge on any atom is 0.268 e. The minimum Gasteiger partial charge on any atom is -0.290 e. The number of hydrazine groups is 1. The fourth-order valence-corrected chi connectivity index (χ4v) is 1.82. The Labute approximate surface area is 107 Å². The molecule has 0 aliphatic rings. The quantitative estimate of drug-likeness (QED) is 0.501. The zero-order valence-electron chi connectivity index (χ0n) is 9.14. The molecule has 0 unspecified atom stereocenters. The van der Waals surface area contributed by atoms with Crippen molar-refractivity contribution < 1.29 is 4.79 Å². The van der Waals surface area contributed by atoms with Crippen LogP contribution in [0.1, 0.15) is 16.1 Å². The van der Waals surface area contributed by atoms with Crippen molar-refractivity contribution in [3.05, 3.63) is 46.2 Å². The standard InChI is InChI=1S/C11H11BrN4O/c1-7-10(11(17)15-13)6-14-16(7)9-4-2-8(12)3-5-9/h2-6H,13H2,1H3,(H,15,17). The van der Waals surface area contributed by atoms with Crippen LogP contribution in [-0.2, 0) is 0 Å². The number of carbonyl (C=O) groups is 1. The zero-order valence-corrected chi connectivity index (χ0v) is 10.7. The van der Waals surface area contributed by atoms with E-state index in [1.165, 1.54) is 6.20 Å². The highest BCUT2D eigenvalue weighted by atomic mass is 79.9. The number of nitrogens with two attached hydrogens (primary N) is 1. The molecule has 0 aliphatic carbocycles. The maximum absolute atomic E-state index is 11.4. The molecule has 0 aliphatic heterocycles. The van der Waals surface area contributed by atoms with Crippen molar-refractivity contribution in [3.8, 4) is 5.69 Å². The number of nitrogens with one attached hydrogen (secondary N) is 1. The van der Waals surface area contributed by atoms with Crippen LogP contribution in [0.15, 0.2) is 34.9 Å². The van der Waals surface area contributed by atoms with Crippen LogP contribution in [0.25, 0.3) is 5.69 Å². The van der Waals surface area contributed by atoms with Crippen molar-refractivity contribution in [1.29, 1.82) is 0 Å². The lowest BCUT2D eigenvalue weighted by Crippen LogP contribution is -2.30. The molecule has 0 saturated heterocycles. The first kappa shape index (κ1) is 11.8. The summed E-state index contributed by atoms with van der Waals surface area (Å²) in [7, 11) is 0. The molecular weight excluding hydrogens is 284 g/mol. The Morgan fingerprint density at radius 2 is 2.06 bits per heavy atom. The predicted molar refractivity (Wildman–Crippen MR) is 67.7 cm³/mol. The van der Waals surface area contributed by atoms with Gasteiger partial charge in [-0.1, -0.05) is 15.9 Å². The van der Waals surface area contributed by atoms with Crippen molar-refractivity contribution in [2.24, 2.45) is 5.84 Å². The van der Waals surface area contributed by atoms with E-state index in [4.69, 9.17) is 5.84 Å². The summed E-state index contributed by atoms with van der Waals surface area (Å²) in [6.45, 7) is 1.82. The van der Waals surface area contributed by atoms with Gasteiger partial charge in [0.15, 0.2) is 0 Å².